The van der Waals surface area contributed by atoms with Crippen LogP contribution in [0, 0.1) is 0 Å². The molecule has 1 unspecified atom stereocenters. The van der Waals surface area contributed by atoms with Gasteiger partial charge in [-0.15, -0.1) is 0 Å². The Morgan fingerprint density at radius 2 is 2.69 bits per heavy atom. The number of nitrogens with zero attached hydrogens (tertiary/aromatic N) is 1. The molecule has 4 heteroatoms. The molecular formula is C9H14N2OS. The number of hydrogen-bond donors (Lipinski definition) is 1. The van der Waals surface area contributed by atoms with Crippen molar-refractivity contribution in [3.63, 3.8) is 0 Å². The number of hydrogen-bond acceptors (Lipinski definition) is 4. The third-order valence-electron chi connectivity index (χ3n) is 2.30. The van der Waals surface area contributed by atoms with E-state index in [9.17, 15) is 0 Å². The summed E-state index contributed by atoms with van der Waals surface area (Å²) < 4.78 is 5.27. The highest BCUT2D eigenvalue weighted by Crippen LogP contribution is 2.24. The van der Waals surface area contributed by atoms with Gasteiger partial charge in [-0.25, -0.2) is 0 Å². The van der Waals surface area contributed by atoms with Gasteiger partial charge in [-0.2, -0.15) is 11.8 Å². The van der Waals surface area contributed by atoms with Crippen molar-refractivity contribution >= 4 is 11.8 Å². The van der Waals surface area contributed by atoms with Gasteiger partial charge in [0.1, 0.15) is 0 Å². The molecule has 1 aliphatic heterocycles. The SMILES string of the molecule is CCc1cnoc1C1CSCCN1. The molecule has 2 heterocycles. The van der Waals surface area contributed by atoms with E-state index < -0.39 is 0 Å². The van der Waals surface area contributed by atoms with Crippen molar-refractivity contribution in [1.82, 2.24) is 10.5 Å². The normalized spacial score (nSPS) is 23.3. The molecule has 1 aliphatic rings. The fourth-order valence-electron chi connectivity index (χ4n) is 1.56. The predicted octanol–water partition coefficient (Wildman–Crippen LogP) is 1.61. The van der Waals surface area contributed by atoms with Crippen LogP contribution >= 0.6 is 11.8 Å². The molecule has 1 saturated heterocycles. The van der Waals surface area contributed by atoms with E-state index in [1.165, 1.54) is 11.3 Å². The molecule has 1 N–H and O–H groups in total. The van der Waals surface area contributed by atoms with Crippen LogP contribution in [-0.2, 0) is 6.42 Å². The quantitative estimate of drug-likeness (QED) is 0.783. The summed E-state index contributed by atoms with van der Waals surface area (Å²) in [5, 5.41) is 7.29. The van der Waals surface area contributed by atoms with E-state index in [4.69, 9.17) is 4.52 Å². The van der Waals surface area contributed by atoms with Crippen molar-refractivity contribution in [3.05, 3.63) is 17.5 Å². The monoisotopic (exact) mass is 198 g/mol. The van der Waals surface area contributed by atoms with Crippen molar-refractivity contribution in [2.75, 3.05) is 18.1 Å². The Labute approximate surface area is 82.3 Å². The maximum absolute atomic E-state index is 5.27. The third kappa shape index (κ3) is 1.89. The van der Waals surface area contributed by atoms with Crippen molar-refractivity contribution in [2.45, 2.75) is 19.4 Å². The summed E-state index contributed by atoms with van der Waals surface area (Å²) >= 11 is 1.97. The molecular weight excluding hydrogens is 184 g/mol. The van der Waals surface area contributed by atoms with Gasteiger partial charge in [0.25, 0.3) is 0 Å². The highest BCUT2D eigenvalue weighted by atomic mass is 32.2. The van der Waals surface area contributed by atoms with Crippen molar-refractivity contribution in [2.24, 2.45) is 0 Å². The van der Waals surface area contributed by atoms with E-state index in [-0.39, 0.29) is 0 Å². The van der Waals surface area contributed by atoms with E-state index in [0.29, 0.717) is 6.04 Å². The minimum absolute atomic E-state index is 0.371. The smallest absolute Gasteiger partial charge is 0.157 e. The van der Waals surface area contributed by atoms with Gasteiger partial charge in [-0.1, -0.05) is 12.1 Å². The van der Waals surface area contributed by atoms with E-state index >= 15 is 0 Å². The lowest BCUT2D eigenvalue weighted by molar-refractivity contribution is 0.347. The fraction of sp³-hybridized carbons (Fsp3) is 0.667. The Kier molecular flexibility index (Phi) is 2.90. The summed E-state index contributed by atoms with van der Waals surface area (Å²) in [6, 6.07) is 0.371. The largest absolute Gasteiger partial charge is 0.359 e. The molecule has 1 aromatic rings. The van der Waals surface area contributed by atoms with Gasteiger partial charge in [-0.05, 0) is 6.42 Å². The summed E-state index contributed by atoms with van der Waals surface area (Å²) in [4.78, 5) is 0. The van der Waals surface area contributed by atoms with Gasteiger partial charge in [0.05, 0.1) is 12.2 Å². The minimum Gasteiger partial charge on any atom is -0.359 e. The Balaban J connectivity index is 2.13. The molecule has 0 radical (unpaired) electrons. The van der Waals surface area contributed by atoms with Crippen LogP contribution in [0.3, 0.4) is 0 Å². The highest BCUT2D eigenvalue weighted by molar-refractivity contribution is 7.99. The number of nitrogens with one attached hydrogen (secondary N) is 1. The number of aromatic nitrogens is 1. The first-order valence-electron chi connectivity index (χ1n) is 4.66. The first-order chi connectivity index (χ1) is 6.42. The molecule has 0 saturated carbocycles. The summed E-state index contributed by atoms with van der Waals surface area (Å²) in [5.74, 6) is 3.34. The molecule has 13 heavy (non-hydrogen) atoms. The molecule has 0 aromatic carbocycles. The minimum atomic E-state index is 0.371. The molecule has 2 rings (SSSR count). The molecule has 0 aliphatic carbocycles. The van der Waals surface area contributed by atoms with E-state index in [2.05, 4.69) is 17.4 Å². The third-order valence-corrected chi connectivity index (χ3v) is 3.36. The highest BCUT2D eigenvalue weighted by Gasteiger charge is 2.21. The Morgan fingerprint density at radius 1 is 1.77 bits per heavy atom. The average Bonchev–Trinajstić information content (AvgIpc) is 2.67. The molecule has 1 aromatic heterocycles. The average molecular weight is 198 g/mol. The zero-order valence-electron chi connectivity index (χ0n) is 7.75. The van der Waals surface area contributed by atoms with E-state index in [1.54, 1.807) is 0 Å². The van der Waals surface area contributed by atoms with Crippen LogP contribution < -0.4 is 5.32 Å². The zero-order valence-corrected chi connectivity index (χ0v) is 8.56. The van der Waals surface area contributed by atoms with Crippen LogP contribution in [0.15, 0.2) is 10.7 Å². The molecule has 1 fully saturated rings. The number of rotatable bonds is 2. The van der Waals surface area contributed by atoms with Crippen LogP contribution in [-0.4, -0.2) is 23.2 Å². The van der Waals surface area contributed by atoms with Gasteiger partial charge < -0.3 is 9.84 Å². The summed E-state index contributed by atoms with van der Waals surface area (Å²) in [6.07, 6.45) is 2.83. The summed E-state index contributed by atoms with van der Waals surface area (Å²) in [7, 11) is 0. The Morgan fingerprint density at radius 3 is 3.38 bits per heavy atom. The summed E-state index contributed by atoms with van der Waals surface area (Å²) in [6.45, 7) is 3.20. The lowest BCUT2D eigenvalue weighted by atomic mass is 10.1. The molecule has 72 valence electrons. The van der Waals surface area contributed by atoms with Crippen molar-refractivity contribution in [3.8, 4) is 0 Å². The first kappa shape index (κ1) is 9.09. The van der Waals surface area contributed by atoms with E-state index in [0.717, 1.165) is 24.5 Å². The van der Waals surface area contributed by atoms with Crippen LogP contribution in [0.2, 0.25) is 0 Å². The standard InChI is InChI=1S/C9H14N2OS/c1-2-7-5-11-12-9(7)8-6-13-4-3-10-8/h5,8,10H,2-4,6H2,1H3. The predicted molar refractivity (Wildman–Crippen MR) is 53.9 cm³/mol. The Hall–Kier alpha value is -0.480. The van der Waals surface area contributed by atoms with Gasteiger partial charge in [-0.3, -0.25) is 0 Å². The molecule has 0 amide bonds. The lowest BCUT2D eigenvalue weighted by Crippen LogP contribution is -2.30. The van der Waals surface area contributed by atoms with Gasteiger partial charge in [0, 0.05) is 23.6 Å². The second kappa shape index (κ2) is 4.15. The summed E-state index contributed by atoms with van der Waals surface area (Å²) in [5.41, 5.74) is 1.24. The second-order valence-electron chi connectivity index (χ2n) is 3.15. The molecule has 0 spiro atoms. The maximum Gasteiger partial charge on any atom is 0.157 e. The van der Waals surface area contributed by atoms with Crippen LogP contribution in [0.4, 0.5) is 0 Å². The van der Waals surface area contributed by atoms with Gasteiger partial charge in [0.2, 0.25) is 0 Å². The van der Waals surface area contributed by atoms with Crippen molar-refractivity contribution in [1.29, 1.82) is 0 Å². The van der Waals surface area contributed by atoms with Crippen LogP contribution in [0.1, 0.15) is 24.3 Å². The van der Waals surface area contributed by atoms with Crippen LogP contribution in [0.5, 0.6) is 0 Å². The molecule has 3 nitrogen and oxygen atoms in total. The van der Waals surface area contributed by atoms with Crippen molar-refractivity contribution < 1.29 is 4.52 Å². The van der Waals surface area contributed by atoms with Gasteiger partial charge in [0.15, 0.2) is 5.76 Å². The van der Waals surface area contributed by atoms with Crippen LogP contribution in [0.25, 0.3) is 0 Å². The van der Waals surface area contributed by atoms with E-state index in [1.807, 2.05) is 18.0 Å². The molecule has 0 bridgehead atoms. The topological polar surface area (TPSA) is 38.1 Å². The first-order valence-corrected chi connectivity index (χ1v) is 5.82. The fourth-order valence-corrected chi connectivity index (χ4v) is 2.49. The zero-order chi connectivity index (χ0) is 9.10. The maximum atomic E-state index is 5.27. The number of thioether (sulfide) groups is 1. The second-order valence-corrected chi connectivity index (χ2v) is 4.30. The number of aryl methyl sites for hydroxylation is 1. The van der Waals surface area contributed by atoms with Gasteiger partial charge >= 0.3 is 0 Å². The molecule has 1 atom stereocenters. The lowest BCUT2D eigenvalue weighted by Gasteiger charge is -2.21. The Bertz CT molecular complexity index is 268.